The normalized spacial score (nSPS) is 14.2. The van der Waals surface area contributed by atoms with Crippen LogP contribution in [0.1, 0.15) is 10.5 Å². The molecule has 1 saturated heterocycles. The van der Waals surface area contributed by atoms with Crippen LogP contribution in [0.5, 0.6) is 0 Å². The van der Waals surface area contributed by atoms with Gasteiger partial charge in [-0.1, -0.05) is 11.6 Å². The predicted octanol–water partition coefficient (Wildman–Crippen LogP) is 1.52. The average molecular weight is 451 g/mol. The summed E-state index contributed by atoms with van der Waals surface area (Å²) in [5, 5.41) is 5.07. The van der Waals surface area contributed by atoms with E-state index in [-0.39, 0.29) is 28.2 Å². The van der Waals surface area contributed by atoms with Crippen molar-refractivity contribution in [2.75, 3.05) is 31.1 Å². The molecule has 4 heterocycles. The number of carbonyl (C=O) groups is 1. The quantitative estimate of drug-likeness (QED) is 0.466. The van der Waals surface area contributed by atoms with Crippen LogP contribution in [0.2, 0.25) is 5.02 Å². The van der Waals surface area contributed by atoms with Gasteiger partial charge in [-0.05, 0) is 30.3 Å². The van der Waals surface area contributed by atoms with Gasteiger partial charge in [0.2, 0.25) is 5.95 Å². The van der Waals surface area contributed by atoms with Gasteiger partial charge in [0.15, 0.2) is 11.2 Å². The van der Waals surface area contributed by atoms with Gasteiger partial charge in [0.25, 0.3) is 11.5 Å². The number of hydrogen-bond acceptors (Lipinski definition) is 7. The van der Waals surface area contributed by atoms with Crippen LogP contribution < -0.4 is 10.5 Å². The Morgan fingerprint density at radius 1 is 1.00 bits per heavy atom. The summed E-state index contributed by atoms with van der Waals surface area (Å²) in [4.78, 5) is 42.9. The highest BCUT2D eigenvalue weighted by atomic mass is 35.5. The van der Waals surface area contributed by atoms with E-state index in [4.69, 9.17) is 11.6 Å². The number of rotatable bonds is 3. The van der Waals surface area contributed by atoms with E-state index >= 15 is 0 Å². The summed E-state index contributed by atoms with van der Waals surface area (Å²) in [6.45, 7) is 2.16. The molecular weight excluding hydrogens is 432 g/mol. The summed E-state index contributed by atoms with van der Waals surface area (Å²) < 4.78 is 2.83. The Labute approximate surface area is 187 Å². The topological polar surface area (TPSA) is 102 Å². The number of amides is 1. The molecule has 4 aromatic rings. The molecule has 1 amide bonds. The van der Waals surface area contributed by atoms with Gasteiger partial charge in [-0.15, -0.1) is 0 Å². The molecular formula is C21H19ClN8O2. The standard InChI is InChI=1S/C21H19ClN8O2/c1-27-13-25-16-17(26-30(18(16)20(27)32)15-5-3-14(22)4-6-15)19(31)28-9-11-29(12-10-28)21-23-7-2-8-24-21/h2-8,13H,9-12H2,1H3. The maximum absolute atomic E-state index is 13.4. The Bertz CT molecular complexity index is 1340. The molecule has 0 bridgehead atoms. The zero-order valence-electron chi connectivity index (χ0n) is 17.2. The van der Waals surface area contributed by atoms with Crippen LogP contribution in [0, 0.1) is 0 Å². The third kappa shape index (κ3) is 3.48. The third-order valence-corrected chi connectivity index (χ3v) is 5.67. The zero-order chi connectivity index (χ0) is 22.2. The summed E-state index contributed by atoms with van der Waals surface area (Å²) in [6, 6.07) is 8.67. The first-order valence-electron chi connectivity index (χ1n) is 10.0. The largest absolute Gasteiger partial charge is 0.337 e. The highest BCUT2D eigenvalue weighted by Crippen LogP contribution is 2.21. The van der Waals surface area contributed by atoms with Crippen LogP contribution in [0.15, 0.2) is 53.8 Å². The first kappa shape index (κ1) is 20.1. The first-order chi connectivity index (χ1) is 15.5. The van der Waals surface area contributed by atoms with Gasteiger partial charge < -0.3 is 14.4 Å². The lowest BCUT2D eigenvalue weighted by atomic mass is 10.2. The number of fused-ring (bicyclic) bond motifs is 1. The van der Waals surface area contributed by atoms with Crippen molar-refractivity contribution in [2.45, 2.75) is 0 Å². The fourth-order valence-electron chi connectivity index (χ4n) is 3.71. The van der Waals surface area contributed by atoms with E-state index in [1.165, 1.54) is 15.6 Å². The monoisotopic (exact) mass is 450 g/mol. The molecule has 3 aromatic heterocycles. The summed E-state index contributed by atoms with van der Waals surface area (Å²) in [5.41, 5.74) is 1.01. The van der Waals surface area contributed by atoms with E-state index in [0.29, 0.717) is 42.8 Å². The molecule has 0 spiro atoms. The lowest BCUT2D eigenvalue weighted by Crippen LogP contribution is -2.49. The van der Waals surface area contributed by atoms with Gasteiger partial charge in [0, 0.05) is 50.6 Å². The van der Waals surface area contributed by atoms with Gasteiger partial charge in [-0.25, -0.2) is 19.6 Å². The van der Waals surface area contributed by atoms with E-state index in [9.17, 15) is 9.59 Å². The Balaban J connectivity index is 1.49. The molecule has 0 atom stereocenters. The molecule has 0 N–H and O–H groups in total. The minimum Gasteiger partial charge on any atom is -0.337 e. The van der Waals surface area contributed by atoms with Gasteiger partial charge >= 0.3 is 0 Å². The van der Waals surface area contributed by atoms with E-state index in [0.717, 1.165) is 0 Å². The van der Waals surface area contributed by atoms with E-state index < -0.39 is 0 Å². The molecule has 1 aromatic carbocycles. The molecule has 32 heavy (non-hydrogen) atoms. The number of halogens is 1. The second kappa shape index (κ2) is 8.04. The fourth-order valence-corrected chi connectivity index (χ4v) is 3.84. The van der Waals surface area contributed by atoms with Gasteiger partial charge in [0.05, 0.1) is 12.0 Å². The van der Waals surface area contributed by atoms with Crippen LogP contribution in [0.25, 0.3) is 16.7 Å². The smallest absolute Gasteiger partial charge is 0.279 e. The second-order valence-electron chi connectivity index (χ2n) is 7.42. The van der Waals surface area contributed by atoms with Crippen molar-refractivity contribution >= 4 is 34.5 Å². The molecule has 162 valence electrons. The number of nitrogens with zero attached hydrogens (tertiary/aromatic N) is 8. The van der Waals surface area contributed by atoms with Crippen LogP contribution >= 0.6 is 11.6 Å². The summed E-state index contributed by atoms with van der Waals surface area (Å²) in [5.74, 6) is 0.374. The fraction of sp³-hybridized carbons (Fsp3) is 0.238. The van der Waals surface area contributed by atoms with E-state index in [2.05, 4.69) is 20.1 Å². The number of benzene rings is 1. The number of hydrogen-bond donors (Lipinski definition) is 0. The van der Waals surface area contributed by atoms with Crippen molar-refractivity contribution in [2.24, 2.45) is 7.05 Å². The number of piperazine rings is 1. The highest BCUT2D eigenvalue weighted by Gasteiger charge is 2.29. The van der Waals surface area contributed by atoms with Gasteiger partial charge in [-0.3, -0.25) is 9.59 Å². The van der Waals surface area contributed by atoms with Gasteiger partial charge in [0.1, 0.15) is 5.52 Å². The summed E-state index contributed by atoms with van der Waals surface area (Å²) in [7, 11) is 1.61. The molecule has 0 unspecified atom stereocenters. The molecule has 11 heteroatoms. The maximum atomic E-state index is 13.4. The molecule has 10 nitrogen and oxygen atoms in total. The number of aromatic nitrogens is 6. The molecule has 0 saturated carbocycles. The number of aryl methyl sites for hydroxylation is 1. The number of anilines is 1. The van der Waals surface area contributed by atoms with Crippen molar-refractivity contribution in [3.8, 4) is 5.69 Å². The molecule has 1 aliphatic rings. The first-order valence-corrected chi connectivity index (χ1v) is 10.4. The zero-order valence-corrected chi connectivity index (χ0v) is 18.0. The van der Waals surface area contributed by atoms with Crippen LogP contribution in [0.3, 0.4) is 0 Å². The van der Waals surface area contributed by atoms with Crippen LogP contribution in [-0.4, -0.2) is 66.3 Å². The minimum atomic E-state index is -0.289. The number of carbonyl (C=O) groups excluding carboxylic acids is 1. The Morgan fingerprint density at radius 3 is 2.38 bits per heavy atom. The highest BCUT2D eigenvalue weighted by molar-refractivity contribution is 6.30. The van der Waals surface area contributed by atoms with Crippen molar-refractivity contribution in [3.63, 3.8) is 0 Å². The molecule has 0 radical (unpaired) electrons. The van der Waals surface area contributed by atoms with Crippen molar-refractivity contribution < 1.29 is 4.79 Å². The lowest BCUT2D eigenvalue weighted by Gasteiger charge is -2.34. The van der Waals surface area contributed by atoms with E-state index in [1.54, 1.807) is 54.7 Å². The van der Waals surface area contributed by atoms with Gasteiger partial charge in [-0.2, -0.15) is 5.10 Å². The van der Waals surface area contributed by atoms with Crippen molar-refractivity contribution in [1.82, 2.24) is 34.2 Å². The molecule has 0 aliphatic carbocycles. The van der Waals surface area contributed by atoms with Crippen molar-refractivity contribution in [1.29, 1.82) is 0 Å². The maximum Gasteiger partial charge on any atom is 0.279 e. The summed E-state index contributed by atoms with van der Waals surface area (Å²) in [6.07, 6.45) is 4.79. The van der Waals surface area contributed by atoms with Crippen LogP contribution in [0.4, 0.5) is 5.95 Å². The molecule has 1 aliphatic heterocycles. The SMILES string of the molecule is Cn1cnc2c(C(=O)N3CCN(c4ncccn4)CC3)nn(-c3ccc(Cl)cc3)c2c1=O. The Kier molecular flexibility index (Phi) is 5.06. The Hall–Kier alpha value is -3.79. The minimum absolute atomic E-state index is 0.150. The second-order valence-corrected chi connectivity index (χ2v) is 7.86. The Morgan fingerprint density at radius 2 is 1.69 bits per heavy atom. The van der Waals surface area contributed by atoms with E-state index in [1.807, 2.05) is 4.90 Å². The molecule has 1 fully saturated rings. The molecule has 5 rings (SSSR count). The lowest BCUT2D eigenvalue weighted by molar-refractivity contribution is 0.0741. The third-order valence-electron chi connectivity index (χ3n) is 5.42. The van der Waals surface area contributed by atoms with Crippen molar-refractivity contribution in [3.05, 3.63) is 70.1 Å². The average Bonchev–Trinajstić information content (AvgIpc) is 3.22. The summed E-state index contributed by atoms with van der Waals surface area (Å²) >= 11 is 6.01. The van der Waals surface area contributed by atoms with Crippen LogP contribution in [-0.2, 0) is 7.05 Å². The predicted molar refractivity (Wildman–Crippen MR) is 119 cm³/mol.